The lowest BCUT2D eigenvalue weighted by Crippen LogP contribution is -2.58. The van der Waals surface area contributed by atoms with Gasteiger partial charge in [0.1, 0.15) is 0 Å². The van der Waals surface area contributed by atoms with E-state index in [1.807, 2.05) is 0 Å². The van der Waals surface area contributed by atoms with Crippen LogP contribution in [0.25, 0.3) is 0 Å². The van der Waals surface area contributed by atoms with Crippen LogP contribution in [0.4, 0.5) is 0 Å². The Balaban J connectivity index is 2.05. The molecule has 0 bridgehead atoms. The van der Waals surface area contributed by atoms with E-state index in [1.54, 1.807) is 0 Å². The monoisotopic (exact) mass is 240 g/mol. The molecule has 3 N–H and O–H groups in total. The Morgan fingerprint density at radius 1 is 1.29 bits per heavy atom. The highest BCUT2D eigenvalue weighted by molar-refractivity contribution is 4.96. The summed E-state index contributed by atoms with van der Waals surface area (Å²) in [5.41, 5.74) is 6.32. The molecule has 2 aliphatic rings. The number of rotatable bonds is 4. The lowest BCUT2D eigenvalue weighted by atomic mass is 9.84. The van der Waals surface area contributed by atoms with E-state index in [4.69, 9.17) is 5.73 Å². The van der Waals surface area contributed by atoms with Crippen LogP contribution in [0.2, 0.25) is 0 Å². The molecule has 0 aromatic carbocycles. The Hall–Kier alpha value is -0.120. The zero-order chi connectivity index (χ0) is 12.6. The van der Waals surface area contributed by atoms with Crippen molar-refractivity contribution < 1.29 is 5.11 Å². The van der Waals surface area contributed by atoms with E-state index in [0.29, 0.717) is 17.9 Å². The summed E-state index contributed by atoms with van der Waals surface area (Å²) in [5.74, 6) is 2.09. The first kappa shape index (κ1) is 13.3. The zero-order valence-corrected chi connectivity index (χ0v) is 11.5. The van der Waals surface area contributed by atoms with Crippen molar-refractivity contribution in [1.82, 2.24) is 4.90 Å². The second-order valence-electron chi connectivity index (χ2n) is 6.42. The number of aliphatic hydroxyl groups is 1. The van der Waals surface area contributed by atoms with Gasteiger partial charge in [0, 0.05) is 24.7 Å². The second-order valence-corrected chi connectivity index (χ2v) is 6.42. The van der Waals surface area contributed by atoms with Gasteiger partial charge < -0.3 is 10.8 Å². The van der Waals surface area contributed by atoms with Gasteiger partial charge >= 0.3 is 0 Å². The van der Waals surface area contributed by atoms with Gasteiger partial charge in [0.05, 0.1) is 6.61 Å². The van der Waals surface area contributed by atoms with E-state index < -0.39 is 0 Å². The van der Waals surface area contributed by atoms with Gasteiger partial charge in [0.25, 0.3) is 0 Å². The number of nitrogens with two attached hydrogens (primary N) is 1. The number of hydrogen-bond donors (Lipinski definition) is 2. The highest BCUT2D eigenvalue weighted by Crippen LogP contribution is 2.36. The molecule has 1 saturated carbocycles. The van der Waals surface area contributed by atoms with Crippen molar-refractivity contribution >= 4 is 0 Å². The molecular formula is C14H28N2O. The van der Waals surface area contributed by atoms with E-state index in [0.717, 1.165) is 12.5 Å². The average Bonchev–Trinajstić information content (AvgIpc) is 3.09. The van der Waals surface area contributed by atoms with Crippen LogP contribution in [0.3, 0.4) is 0 Å². The van der Waals surface area contributed by atoms with Crippen LogP contribution in [0.5, 0.6) is 0 Å². The summed E-state index contributed by atoms with van der Waals surface area (Å²) in [5, 5.41) is 9.69. The summed E-state index contributed by atoms with van der Waals surface area (Å²) in [6.45, 7) is 8.23. The average molecular weight is 240 g/mol. The third-order valence-electron chi connectivity index (χ3n) is 4.87. The topological polar surface area (TPSA) is 49.5 Å². The fraction of sp³-hybridized carbons (Fsp3) is 1.00. The summed E-state index contributed by atoms with van der Waals surface area (Å²) in [4.78, 5) is 2.47. The van der Waals surface area contributed by atoms with Gasteiger partial charge in [0.15, 0.2) is 0 Å². The Morgan fingerprint density at radius 2 is 1.94 bits per heavy atom. The number of likely N-dealkylation sites (tertiary alicyclic amines) is 1. The lowest BCUT2D eigenvalue weighted by Gasteiger charge is -2.46. The lowest BCUT2D eigenvalue weighted by molar-refractivity contribution is 0.00347. The van der Waals surface area contributed by atoms with E-state index in [2.05, 4.69) is 25.7 Å². The normalized spacial score (nSPS) is 39.0. The van der Waals surface area contributed by atoms with Crippen LogP contribution in [0.15, 0.2) is 0 Å². The Kier molecular flexibility index (Phi) is 4.11. The molecule has 0 aromatic rings. The number of hydrogen-bond acceptors (Lipinski definition) is 3. The van der Waals surface area contributed by atoms with Crippen molar-refractivity contribution in [3.63, 3.8) is 0 Å². The zero-order valence-electron chi connectivity index (χ0n) is 11.5. The first-order valence-corrected chi connectivity index (χ1v) is 7.16. The van der Waals surface area contributed by atoms with E-state index >= 15 is 0 Å². The fourth-order valence-corrected chi connectivity index (χ4v) is 3.44. The minimum absolute atomic E-state index is 0.167. The molecule has 0 spiro atoms. The molecule has 2 fully saturated rings. The Morgan fingerprint density at radius 3 is 2.47 bits per heavy atom. The van der Waals surface area contributed by atoms with Crippen LogP contribution < -0.4 is 5.73 Å². The molecule has 2 rings (SSSR count). The molecule has 0 amide bonds. The minimum Gasteiger partial charge on any atom is -0.395 e. The molecule has 17 heavy (non-hydrogen) atoms. The van der Waals surface area contributed by atoms with Crippen LogP contribution in [-0.4, -0.2) is 41.3 Å². The molecule has 1 aliphatic carbocycles. The highest BCUT2D eigenvalue weighted by atomic mass is 16.3. The van der Waals surface area contributed by atoms with E-state index in [-0.39, 0.29) is 18.7 Å². The first-order valence-electron chi connectivity index (χ1n) is 7.16. The Labute approximate surface area is 105 Å². The molecular weight excluding hydrogens is 212 g/mol. The summed E-state index contributed by atoms with van der Waals surface area (Å²) in [6.07, 6.45) is 3.81. The summed E-state index contributed by atoms with van der Waals surface area (Å²) < 4.78 is 0. The Bertz CT molecular complexity index is 255. The molecule has 1 heterocycles. The van der Waals surface area contributed by atoms with Gasteiger partial charge in [-0.05, 0) is 43.9 Å². The number of nitrogens with zero attached hydrogens (tertiary/aromatic N) is 1. The third kappa shape index (κ3) is 2.83. The van der Waals surface area contributed by atoms with Crippen molar-refractivity contribution in [2.24, 2.45) is 23.5 Å². The summed E-state index contributed by atoms with van der Waals surface area (Å²) in [7, 11) is 0. The molecule has 1 aliphatic heterocycles. The second kappa shape index (κ2) is 5.25. The first-order chi connectivity index (χ1) is 8.04. The van der Waals surface area contributed by atoms with E-state index in [1.165, 1.54) is 19.3 Å². The van der Waals surface area contributed by atoms with Crippen LogP contribution >= 0.6 is 0 Å². The SMILES string of the molecule is CC1CC(C)C(C)N(C(CO)C(N)C2CC2)C1. The maximum Gasteiger partial charge on any atom is 0.0602 e. The van der Waals surface area contributed by atoms with Gasteiger partial charge in [0.2, 0.25) is 0 Å². The maximum absolute atomic E-state index is 9.69. The van der Waals surface area contributed by atoms with Crippen LogP contribution in [-0.2, 0) is 0 Å². The molecule has 100 valence electrons. The molecule has 0 aromatic heterocycles. The molecule has 3 heteroatoms. The van der Waals surface area contributed by atoms with Crippen LogP contribution in [0, 0.1) is 17.8 Å². The van der Waals surface area contributed by atoms with Crippen molar-refractivity contribution in [2.75, 3.05) is 13.2 Å². The van der Waals surface area contributed by atoms with Gasteiger partial charge in [-0.1, -0.05) is 13.8 Å². The van der Waals surface area contributed by atoms with Crippen LogP contribution in [0.1, 0.15) is 40.0 Å². The highest BCUT2D eigenvalue weighted by Gasteiger charge is 2.40. The van der Waals surface area contributed by atoms with Crippen molar-refractivity contribution in [3.8, 4) is 0 Å². The quantitative estimate of drug-likeness (QED) is 0.782. The summed E-state index contributed by atoms with van der Waals surface area (Å²) >= 11 is 0. The van der Waals surface area contributed by atoms with Gasteiger partial charge in [-0.25, -0.2) is 0 Å². The number of piperidine rings is 1. The van der Waals surface area contributed by atoms with E-state index in [9.17, 15) is 5.11 Å². The van der Waals surface area contributed by atoms with Crippen molar-refractivity contribution in [2.45, 2.75) is 58.2 Å². The standard InChI is InChI=1S/C14H28N2O/c1-9-6-10(2)11(3)16(7-9)13(8-17)14(15)12-4-5-12/h9-14,17H,4-8,15H2,1-3H3. The largest absolute Gasteiger partial charge is 0.395 e. The molecule has 5 unspecified atom stereocenters. The molecule has 5 atom stereocenters. The van der Waals surface area contributed by atoms with Gasteiger partial charge in [-0.3, -0.25) is 4.90 Å². The minimum atomic E-state index is 0.167. The van der Waals surface area contributed by atoms with Crippen molar-refractivity contribution in [3.05, 3.63) is 0 Å². The predicted octanol–water partition coefficient (Wildman–Crippen LogP) is 1.45. The molecule has 3 nitrogen and oxygen atoms in total. The smallest absolute Gasteiger partial charge is 0.0602 e. The maximum atomic E-state index is 9.69. The third-order valence-corrected chi connectivity index (χ3v) is 4.87. The predicted molar refractivity (Wildman–Crippen MR) is 70.7 cm³/mol. The molecule has 1 saturated heterocycles. The summed E-state index contributed by atoms with van der Waals surface area (Å²) in [6, 6.07) is 0.885. The number of aliphatic hydroxyl groups excluding tert-OH is 1. The molecule has 0 radical (unpaired) electrons. The van der Waals surface area contributed by atoms with Gasteiger partial charge in [-0.15, -0.1) is 0 Å². The fourth-order valence-electron chi connectivity index (χ4n) is 3.44. The van der Waals surface area contributed by atoms with Gasteiger partial charge in [-0.2, -0.15) is 0 Å². The van der Waals surface area contributed by atoms with Crippen molar-refractivity contribution in [1.29, 1.82) is 0 Å².